The quantitative estimate of drug-likeness (QED) is 0.833. The van der Waals surface area contributed by atoms with Gasteiger partial charge < -0.3 is 9.80 Å². The van der Waals surface area contributed by atoms with E-state index in [2.05, 4.69) is 26.0 Å². The van der Waals surface area contributed by atoms with Crippen molar-refractivity contribution in [3.8, 4) is 0 Å². The monoisotopic (exact) mass is 335 g/mol. The smallest absolute Gasteiger partial charge is 0.246 e. The van der Waals surface area contributed by atoms with Crippen LogP contribution in [0.3, 0.4) is 0 Å². The van der Waals surface area contributed by atoms with E-state index >= 15 is 0 Å². The second-order valence-electron chi connectivity index (χ2n) is 4.67. The minimum Gasteiger partial charge on any atom is -0.345 e. The summed E-state index contributed by atoms with van der Waals surface area (Å²) in [6.07, 6.45) is 5.31. The zero-order chi connectivity index (χ0) is 14.1. The molecule has 7 heteroatoms. The number of hydrogen-bond acceptors (Lipinski definition) is 4. The standard InChI is InChI=1S/C13H14BrN5O/c1-17-8-11(7-16-17)19-5-4-18(9-13(19)20)12-3-2-10(14)6-15-12/h2-3,6-8H,4-5,9H2,1H3. The molecule has 0 aliphatic carbocycles. The first-order valence-corrected chi connectivity index (χ1v) is 7.08. The van der Waals surface area contributed by atoms with Gasteiger partial charge in [-0.15, -0.1) is 0 Å². The Morgan fingerprint density at radius 3 is 2.70 bits per heavy atom. The second kappa shape index (κ2) is 5.24. The molecule has 6 nitrogen and oxygen atoms in total. The molecule has 3 heterocycles. The van der Waals surface area contributed by atoms with Gasteiger partial charge in [0.2, 0.25) is 5.91 Å². The summed E-state index contributed by atoms with van der Waals surface area (Å²) in [6, 6.07) is 3.84. The van der Waals surface area contributed by atoms with E-state index < -0.39 is 0 Å². The van der Waals surface area contributed by atoms with E-state index in [0.717, 1.165) is 22.5 Å². The highest BCUT2D eigenvalue weighted by atomic mass is 79.9. The Bertz CT molecular complexity index is 624. The van der Waals surface area contributed by atoms with E-state index in [9.17, 15) is 4.79 Å². The molecule has 0 N–H and O–H groups in total. The molecule has 0 spiro atoms. The molecule has 0 aromatic carbocycles. The van der Waals surface area contributed by atoms with Crippen molar-refractivity contribution in [3.05, 3.63) is 35.2 Å². The van der Waals surface area contributed by atoms with E-state index in [4.69, 9.17) is 0 Å². The summed E-state index contributed by atoms with van der Waals surface area (Å²) in [6.45, 7) is 1.74. The lowest BCUT2D eigenvalue weighted by atomic mass is 10.2. The van der Waals surface area contributed by atoms with Crippen LogP contribution in [0.1, 0.15) is 0 Å². The van der Waals surface area contributed by atoms with E-state index in [-0.39, 0.29) is 5.91 Å². The van der Waals surface area contributed by atoms with Crippen molar-refractivity contribution in [2.45, 2.75) is 0 Å². The Kier molecular flexibility index (Phi) is 3.43. The molecule has 0 unspecified atom stereocenters. The fourth-order valence-electron chi connectivity index (χ4n) is 2.24. The van der Waals surface area contributed by atoms with Crippen molar-refractivity contribution in [1.29, 1.82) is 0 Å². The minimum absolute atomic E-state index is 0.0639. The number of carbonyl (C=O) groups excluding carboxylic acids is 1. The van der Waals surface area contributed by atoms with Gasteiger partial charge in [0.25, 0.3) is 0 Å². The number of pyridine rings is 1. The van der Waals surface area contributed by atoms with Crippen LogP contribution in [0.15, 0.2) is 35.2 Å². The summed E-state index contributed by atoms with van der Waals surface area (Å²) >= 11 is 3.36. The van der Waals surface area contributed by atoms with Gasteiger partial charge in [-0.3, -0.25) is 9.48 Å². The molecule has 0 atom stereocenters. The van der Waals surface area contributed by atoms with Crippen LogP contribution < -0.4 is 9.80 Å². The molecule has 1 aliphatic rings. The Morgan fingerprint density at radius 1 is 1.25 bits per heavy atom. The number of nitrogens with zero attached hydrogens (tertiary/aromatic N) is 5. The minimum atomic E-state index is 0.0639. The van der Waals surface area contributed by atoms with Crippen LogP contribution in [-0.4, -0.2) is 40.3 Å². The molecule has 0 saturated carbocycles. The molecule has 0 radical (unpaired) electrons. The zero-order valence-electron chi connectivity index (χ0n) is 11.0. The van der Waals surface area contributed by atoms with Crippen LogP contribution in [0.25, 0.3) is 0 Å². The molecule has 2 aromatic heterocycles. The van der Waals surface area contributed by atoms with Gasteiger partial charge >= 0.3 is 0 Å². The van der Waals surface area contributed by atoms with Crippen LogP contribution in [0.4, 0.5) is 11.5 Å². The van der Waals surface area contributed by atoms with Gasteiger partial charge in [0, 0.05) is 37.0 Å². The number of halogens is 1. The summed E-state index contributed by atoms with van der Waals surface area (Å²) in [4.78, 5) is 20.3. The Hall–Kier alpha value is -1.89. The van der Waals surface area contributed by atoms with Crippen LogP contribution in [0.5, 0.6) is 0 Å². The lowest BCUT2D eigenvalue weighted by Crippen LogP contribution is -2.50. The first-order chi connectivity index (χ1) is 9.63. The number of piperazine rings is 1. The molecular formula is C13H14BrN5O. The Morgan fingerprint density at radius 2 is 2.10 bits per heavy atom. The van der Waals surface area contributed by atoms with Gasteiger partial charge in [-0.2, -0.15) is 5.10 Å². The molecular weight excluding hydrogens is 322 g/mol. The number of rotatable bonds is 2. The number of aryl methyl sites for hydroxylation is 1. The lowest BCUT2D eigenvalue weighted by molar-refractivity contribution is -0.117. The SMILES string of the molecule is Cn1cc(N2CCN(c3ccc(Br)cn3)CC2=O)cn1. The third-order valence-electron chi connectivity index (χ3n) is 3.26. The summed E-state index contributed by atoms with van der Waals surface area (Å²) in [5.74, 6) is 0.890. The molecule has 1 fully saturated rings. The summed E-state index contributed by atoms with van der Waals surface area (Å²) in [5, 5.41) is 4.10. The van der Waals surface area contributed by atoms with Gasteiger partial charge in [-0.25, -0.2) is 4.98 Å². The highest BCUT2D eigenvalue weighted by Gasteiger charge is 2.26. The van der Waals surface area contributed by atoms with Crippen molar-refractivity contribution in [1.82, 2.24) is 14.8 Å². The molecule has 1 saturated heterocycles. The normalized spacial score (nSPS) is 15.8. The third kappa shape index (κ3) is 2.53. The van der Waals surface area contributed by atoms with Crippen molar-refractivity contribution >= 4 is 33.3 Å². The fraction of sp³-hybridized carbons (Fsp3) is 0.308. The molecule has 3 rings (SSSR count). The van der Waals surface area contributed by atoms with Gasteiger partial charge in [0.15, 0.2) is 0 Å². The van der Waals surface area contributed by atoms with Gasteiger partial charge in [0.1, 0.15) is 5.82 Å². The molecule has 0 bridgehead atoms. The average molecular weight is 336 g/mol. The summed E-state index contributed by atoms with van der Waals surface area (Å²) in [5.41, 5.74) is 0.848. The van der Waals surface area contributed by atoms with Crippen molar-refractivity contribution in [2.24, 2.45) is 7.05 Å². The highest BCUT2D eigenvalue weighted by molar-refractivity contribution is 9.10. The molecule has 2 aromatic rings. The lowest BCUT2D eigenvalue weighted by Gasteiger charge is -2.34. The number of anilines is 2. The number of carbonyl (C=O) groups is 1. The maximum atomic E-state index is 12.3. The first-order valence-electron chi connectivity index (χ1n) is 6.29. The maximum absolute atomic E-state index is 12.3. The van der Waals surface area contributed by atoms with Gasteiger partial charge in [0.05, 0.1) is 18.4 Å². The maximum Gasteiger partial charge on any atom is 0.246 e. The predicted molar refractivity (Wildman–Crippen MR) is 79.7 cm³/mol. The van der Waals surface area contributed by atoms with Crippen molar-refractivity contribution in [2.75, 3.05) is 29.4 Å². The molecule has 1 amide bonds. The average Bonchev–Trinajstić information content (AvgIpc) is 2.86. The van der Waals surface area contributed by atoms with Crippen molar-refractivity contribution < 1.29 is 4.79 Å². The van der Waals surface area contributed by atoms with Crippen LogP contribution in [-0.2, 0) is 11.8 Å². The van der Waals surface area contributed by atoms with E-state index in [1.807, 2.05) is 30.3 Å². The topological polar surface area (TPSA) is 54.3 Å². The Labute approximate surface area is 125 Å². The molecule has 20 heavy (non-hydrogen) atoms. The largest absolute Gasteiger partial charge is 0.345 e. The number of aromatic nitrogens is 3. The predicted octanol–water partition coefficient (Wildman–Crippen LogP) is 1.43. The van der Waals surface area contributed by atoms with E-state index in [0.29, 0.717) is 13.1 Å². The number of hydrogen-bond donors (Lipinski definition) is 0. The summed E-state index contributed by atoms with van der Waals surface area (Å²) in [7, 11) is 1.84. The van der Waals surface area contributed by atoms with Crippen LogP contribution >= 0.6 is 15.9 Å². The fourth-order valence-corrected chi connectivity index (χ4v) is 2.48. The summed E-state index contributed by atoms with van der Waals surface area (Å²) < 4.78 is 2.63. The van der Waals surface area contributed by atoms with E-state index in [1.165, 1.54) is 0 Å². The molecule has 104 valence electrons. The van der Waals surface area contributed by atoms with E-state index in [1.54, 1.807) is 22.0 Å². The van der Waals surface area contributed by atoms with Gasteiger partial charge in [-0.05, 0) is 28.1 Å². The third-order valence-corrected chi connectivity index (χ3v) is 3.73. The highest BCUT2D eigenvalue weighted by Crippen LogP contribution is 2.20. The van der Waals surface area contributed by atoms with Crippen LogP contribution in [0, 0.1) is 0 Å². The Balaban J connectivity index is 1.73. The van der Waals surface area contributed by atoms with Crippen molar-refractivity contribution in [3.63, 3.8) is 0 Å². The molecule has 1 aliphatic heterocycles. The number of amides is 1. The first kappa shape index (κ1) is 13.1. The zero-order valence-corrected chi connectivity index (χ0v) is 12.6. The van der Waals surface area contributed by atoms with Crippen LogP contribution in [0.2, 0.25) is 0 Å². The van der Waals surface area contributed by atoms with Gasteiger partial charge in [-0.1, -0.05) is 0 Å². The second-order valence-corrected chi connectivity index (χ2v) is 5.59.